The van der Waals surface area contributed by atoms with E-state index in [0.29, 0.717) is 31.6 Å². The van der Waals surface area contributed by atoms with Crippen LogP contribution >= 0.6 is 0 Å². The van der Waals surface area contributed by atoms with Gasteiger partial charge in [0.15, 0.2) is 0 Å². The molecular weight excluding hydrogens is 264 g/mol. The number of hydrogen-bond acceptors (Lipinski definition) is 5. The summed E-state index contributed by atoms with van der Waals surface area (Å²) in [6.07, 6.45) is 1.04. The maximum Gasteiger partial charge on any atom is 0.335 e. The SMILES string of the molecule is CC1(O)CCN(c2ccc(C(=O)O)cc2[N+](=O)[O-])CC1. The lowest BCUT2D eigenvalue weighted by atomic mass is 9.93. The highest BCUT2D eigenvalue weighted by molar-refractivity contribution is 5.89. The molecule has 0 aromatic heterocycles. The number of hydrogen-bond donors (Lipinski definition) is 2. The van der Waals surface area contributed by atoms with E-state index in [1.54, 1.807) is 6.92 Å². The summed E-state index contributed by atoms with van der Waals surface area (Å²) in [5.74, 6) is -1.19. The van der Waals surface area contributed by atoms with Crippen LogP contribution in [-0.2, 0) is 0 Å². The van der Waals surface area contributed by atoms with Crippen molar-refractivity contribution in [3.8, 4) is 0 Å². The van der Waals surface area contributed by atoms with Gasteiger partial charge in [0.25, 0.3) is 5.69 Å². The molecule has 1 saturated heterocycles. The number of rotatable bonds is 3. The van der Waals surface area contributed by atoms with E-state index >= 15 is 0 Å². The summed E-state index contributed by atoms with van der Waals surface area (Å²) >= 11 is 0. The molecule has 7 heteroatoms. The van der Waals surface area contributed by atoms with E-state index in [1.807, 2.05) is 4.90 Å². The van der Waals surface area contributed by atoms with E-state index in [9.17, 15) is 20.0 Å². The summed E-state index contributed by atoms with van der Waals surface area (Å²) in [7, 11) is 0. The second-order valence-electron chi connectivity index (χ2n) is 5.25. The van der Waals surface area contributed by atoms with Crippen molar-refractivity contribution in [1.29, 1.82) is 0 Å². The number of carboxylic acids is 1. The van der Waals surface area contributed by atoms with Crippen molar-refractivity contribution in [2.45, 2.75) is 25.4 Å². The first-order valence-electron chi connectivity index (χ1n) is 6.29. The Morgan fingerprint density at radius 2 is 2.00 bits per heavy atom. The number of nitro groups is 1. The Morgan fingerprint density at radius 3 is 2.50 bits per heavy atom. The van der Waals surface area contributed by atoms with E-state index in [1.165, 1.54) is 12.1 Å². The number of anilines is 1. The molecule has 7 nitrogen and oxygen atoms in total. The number of nitro benzene ring substituents is 1. The molecule has 0 unspecified atom stereocenters. The quantitative estimate of drug-likeness (QED) is 0.644. The summed E-state index contributed by atoms with van der Waals surface area (Å²) in [5.41, 5.74) is -0.668. The average molecular weight is 280 g/mol. The zero-order valence-electron chi connectivity index (χ0n) is 11.1. The van der Waals surface area contributed by atoms with Crippen molar-refractivity contribution in [2.24, 2.45) is 0 Å². The van der Waals surface area contributed by atoms with Gasteiger partial charge in [-0.25, -0.2) is 4.79 Å². The van der Waals surface area contributed by atoms with E-state index in [0.717, 1.165) is 6.07 Å². The second-order valence-corrected chi connectivity index (χ2v) is 5.25. The van der Waals surface area contributed by atoms with Gasteiger partial charge in [-0.3, -0.25) is 10.1 Å². The molecule has 0 saturated carbocycles. The molecule has 0 atom stereocenters. The molecule has 0 spiro atoms. The van der Waals surface area contributed by atoms with E-state index in [4.69, 9.17) is 5.11 Å². The van der Waals surface area contributed by atoms with Gasteiger partial charge in [-0.2, -0.15) is 0 Å². The van der Waals surface area contributed by atoms with E-state index in [2.05, 4.69) is 0 Å². The number of benzene rings is 1. The Bertz CT molecular complexity index is 546. The molecule has 0 aliphatic carbocycles. The van der Waals surface area contributed by atoms with Crippen molar-refractivity contribution in [3.05, 3.63) is 33.9 Å². The van der Waals surface area contributed by atoms with Gasteiger partial charge in [-0.1, -0.05) is 0 Å². The van der Waals surface area contributed by atoms with Crippen molar-refractivity contribution in [3.63, 3.8) is 0 Å². The maximum absolute atomic E-state index is 11.1. The maximum atomic E-state index is 11.1. The molecule has 1 aromatic carbocycles. The van der Waals surface area contributed by atoms with Crippen LogP contribution in [0.4, 0.5) is 11.4 Å². The minimum Gasteiger partial charge on any atom is -0.478 e. The molecule has 0 radical (unpaired) electrons. The molecule has 1 fully saturated rings. The van der Waals surface area contributed by atoms with Gasteiger partial charge in [0.2, 0.25) is 0 Å². The fraction of sp³-hybridized carbons (Fsp3) is 0.462. The monoisotopic (exact) mass is 280 g/mol. The third kappa shape index (κ3) is 2.88. The molecular formula is C13H16N2O5. The molecule has 0 bridgehead atoms. The van der Waals surface area contributed by atoms with Crippen LogP contribution in [0.5, 0.6) is 0 Å². The summed E-state index contributed by atoms with van der Waals surface area (Å²) in [6.45, 7) is 2.74. The topological polar surface area (TPSA) is 104 Å². The number of aliphatic hydroxyl groups is 1. The Kier molecular flexibility index (Phi) is 3.63. The third-order valence-corrected chi connectivity index (χ3v) is 3.60. The van der Waals surface area contributed by atoms with E-state index < -0.39 is 16.5 Å². The molecule has 1 heterocycles. The Morgan fingerprint density at radius 1 is 1.40 bits per heavy atom. The smallest absolute Gasteiger partial charge is 0.335 e. The van der Waals surface area contributed by atoms with Gasteiger partial charge in [-0.05, 0) is 31.9 Å². The molecule has 1 aliphatic heterocycles. The van der Waals surface area contributed by atoms with Crippen molar-refractivity contribution in [1.82, 2.24) is 0 Å². The van der Waals surface area contributed by atoms with Crippen LogP contribution < -0.4 is 4.90 Å². The minimum atomic E-state index is -1.19. The molecule has 1 aliphatic rings. The summed E-state index contributed by atoms with van der Waals surface area (Å²) < 4.78 is 0. The first-order chi connectivity index (χ1) is 9.30. The van der Waals surface area contributed by atoms with Crippen LogP contribution in [0.3, 0.4) is 0 Å². The summed E-state index contributed by atoms with van der Waals surface area (Å²) in [4.78, 5) is 23.2. The van der Waals surface area contributed by atoms with Crippen molar-refractivity contribution in [2.75, 3.05) is 18.0 Å². The first kappa shape index (κ1) is 14.3. The largest absolute Gasteiger partial charge is 0.478 e. The van der Waals surface area contributed by atoms with Crippen molar-refractivity contribution < 1.29 is 19.9 Å². The van der Waals surface area contributed by atoms with Gasteiger partial charge in [0.05, 0.1) is 16.1 Å². The van der Waals surface area contributed by atoms with Gasteiger partial charge in [-0.15, -0.1) is 0 Å². The molecule has 2 N–H and O–H groups in total. The molecule has 0 amide bonds. The van der Waals surface area contributed by atoms with Crippen molar-refractivity contribution >= 4 is 17.3 Å². The zero-order valence-corrected chi connectivity index (χ0v) is 11.1. The number of carbonyl (C=O) groups is 1. The molecule has 20 heavy (non-hydrogen) atoms. The Labute approximate surface area is 115 Å². The van der Waals surface area contributed by atoms with Gasteiger partial charge in [0.1, 0.15) is 5.69 Å². The Hall–Kier alpha value is -2.15. The van der Waals surface area contributed by atoms with E-state index in [-0.39, 0.29) is 11.3 Å². The number of nitrogens with zero attached hydrogens (tertiary/aromatic N) is 2. The summed E-state index contributed by atoms with van der Waals surface area (Å²) in [6, 6.07) is 3.89. The highest BCUT2D eigenvalue weighted by Gasteiger charge is 2.30. The van der Waals surface area contributed by atoms with Gasteiger partial charge < -0.3 is 15.1 Å². The number of carboxylic acid groups (broad SMARTS) is 1. The third-order valence-electron chi connectivity index (χ3n) is 3.60. The van der Waals surface area contributed by atoms with Gasteiger partial charge >= 0.3 is 5.97 Å². The molecule has 1 aromatic rings. The van der Waals surface area contributed by atoms with Crippen LogP contribution in [0.25, 0.3) is 0 Å². The zero-order chi connectivity index (χ0) is 14.9. The molecule has 108 valence electrons. The lowest BCUT2D eigenvalue weighted by Crippen LogP contribution is -2.42. The highest BCUT2D eigenvalue weighted by Crippen LogP contribution is 2.33. The van der Waals surface area contributed by atoms with Crippen LogP contribution in [0.15, 0.2) is 18.2 Å². The normalized spacial score (nSPS) is 17.8. The number of aromatic carboxylic acids is 1. The lowest BCUT2D eigenvalue weighted by Gasteiger charge is -2.36. The second kappa shape index (κ2) is 5.09. The lowest BCUT2D eigenvalue weighted by molar-refractivity contribution is -0.384. The predicted molar refractivity (Wildman–Crippen MR) is 72.1 cm³/mol. The standard InChI is InChI=1S/C13H16N2O5/c1-13(18)4-6-14(7-5-13)10-3-2-9(12(16)17)8-11(10)15(19)20/h2-3,8,18H,4-7H2,1H3,(H,16,17). The first-order valence-corrected chi connectivity index (χ1v) is 6.29. The fourth-order valence-corrected chi connectivity index (χ4v) is 2.30. The van der Waals surface area contributed by atoms with Crippen LogP contribution in [0.1, 0.15) is 30.1 Å². The summed E-state index contributed by atoms with van der Waals surface area (Å²) in [5, 5.41) is 29.9. The minimum absolute atomic E-state index is 0.107. The fourth-order valence-electron chi connectivity index (χ4n) is 2.30. The average Bonchev–Trinajstić information content (AvgIpc) is 2.38. The van der Waals surface area contributed by atoms with Crippen LogP contribution in [-0.4, -0.2) is 39.8 Å². The van der Waals surface area contributed by atoms with Gasteiger partial charge in [0, 0.05) is 19.2 Å². The highest BCUT2D eigenvalue weighted by atomic mass is 16.6. The molecule has 2 rings (SSSR count). The predicted octanol–water partition coefficient (Wildman–Crippen LogP) is 1.64. The Balaban J connectivity index is 2.32. The number of piperidine rings is 1. The van der Waals surface area contributed by atoms with Crippen LogP contribution in [0.2, 0.25) is 0 Å². The van der Waals surface area contributed by atoms with Crippen LogP contribution in [0, 0.1) is 10.1 Å².